The summed E-state index contributed by atoms with van der Waals surface area (Å²) >= 11 is 0. The van der Waals surface area contributed by atoms with Gasteiger partial charge >= 0.3 is 0 Å². The van der Waals surface area contributed by atoms with Gasteiger partial charge in [-0.1, -0.05) is 0 Å². The van der Waals surface area contributed by atoms with Crippen molar-refractivity contribution in [3.05, 3.63) is 18.2 Å². The topological polar surface area (TPSA) is 58.6 Å². The highest BCUT2D eigenvalue weighted by molar-refractivity contribution is 5.77. The van der Waals surface area contributed by atoms with Gasteiger partial charge in [-0.25, -0.2) is 14.4 Å². The van der Waals surface area contributed by atoms with Crippen LogP contribution in [0.5, 0.6) is 0 Å². The van der Waals surface area contributed by atoms with Gasteiger partial charge < -0.3 is 14.5 Å². The molecule has 0 bridgehead atoms. The summed E-state index contributed by atoms with van der Waals surface area (Å²) in [5, 5.41) is 0. The Morgan fingerprint density at radius 2 is 2.09 bits per heavy atom. The highest BCUT2D eigenvalue weighted by atomic mass is 19.1. The molecule has 1 amide bonds. The molecule has 2 aliphatic heterocycles. The summed E-state index contributed by atoms with van der Waals surface area (Å²) in [6.07, 6.45) is 5.53. The molecular weight excluding hydrogens is 299 g/mol. The third kappa shape index (κ3) is 3.60. The van der Waals surface area contributed by atoms with Gasteiger partial charge in [-0.3, -0.25) is 4.79 Å². The molecule has 7 heteroatoms. The second-order valence-corrected chi connectivity index (χ2v) is 6.43. The second-order valence-electron chi connectivity index (χ2n) is 6.43. The molecule has 1 spiro atoms. The van der Waals surface area contributed by atoms with Crippen LogP contribution in [-0.4, -0.2) is 60.2 Å². The fourth-order valence-corrected chi connectivity index (χ4v) is 3.61. The van der Waals surface area contributed by atoms with E-state index in [0.29, 0.717) is 12.6 Å². The Kier molecular flexibility index (Phi) is 4.75. The average Bonchev–Trinajstić information content (AvgIpc) is 2.97. The molecule has 0 aliphatic carbocycles. The van der Waals surface area contributed by atoms with Crippen LogP contribution in [0, 0.1) is 11.2 Å². The van der Waals surface area contributed by atoms with Crippen LogP contribution in [0.2, 0.25) is 0 Å². The normalized spacial score (nSPS) is 24.4. The van der Waals surface area contributed by atoms with Crippen molar-refractivity contribution in [2.24, 2.45) is 5.41 Å². The van der Waals surface area contributed by atoms with Crippen molar-refractivity contribution >= 4 is 11.9 Å². The van der Waals surface area contributed by atoms with E-state index in [0.717, 1.165) is 45.4 Å². The first-order valence-corrected chi connectivity index (χ1v) is 8.20. The zero-order valence-electron chi connectivity index (χ0n) is 13.5. The Morgan fingerprint density at radius 1 is 1.30 bits per heavy atom. The van der Waals surface area contributed by atoms with Crippen molar-refractivity contribution in [3.8, 4) is 0 Å². The molecule has 3 heterocycles. The van der Waals surface area contributed by atoms with E-state index in [1.807, 2.05) is 11.8 Å². The van der Waals surface area contributed by atoms with Gasteiger partial charge in [0.15, 0.2) is 5.82 Å². The number of nitrogens with zero attached hydrogens (tertiary/aromatic N) is 4. The zero-order chi connectivity index (χ0) is 16.3. The quantitative estimate of drug-likeness (QED) is 0.840. The van der Waals surface area contributed by atoms with Gasteiger partial charge in [0.05, 0.1) is 12.4 Å². The van der Waals surface area contributed by atoms with Gasteiger partial charge in [-0.15, -0.1) is 0 Å². The minimum Gasteiger partial charge on any atom is -0.372 e. The fourth-order valence-electron chi connectivity index (χ4n) is 3.61. The number of hydrogen-bond acceptors (Lipinski definition) is 5. The largest absolute Gasteiger partial charge is 0.372 e. The van der Waals surface area contributed by atoms with Gasteiger partial charge in [0.2, 0.25) is 11.9 Å². The van der Waals surface area contributed by atoms with Crippen LogP contribution in [0.1, 0.15) is 26.2 Å². The number of ether oxygens (including phenoxy) is 1. The summed E-state index contributed by atoms with van der Waals surface area (Å²) in [4.78, 5) is 24.3. The summed E-state index contributed by atoms with van der Waals surface area (Å²) in [5.41, 5.74) is 0.0951. The smallest absolute Gasteiger partial charge is 0.248 e. The minimum atomic E-state index is -0.422. The van der Waals surface area contributed by atoms with E-state index in [1.165, 1.54) is 12.4 Å². The summed E-state index contributed by atoms with van der Waals surface area (Å²) < 4.78 is 18.2. The van der Waals surface area contributed by atoms with E-state index < -0.39 is 5.82 Å². The number of amides is 1. The first-order valence-electron chi connectivity index (χ1n) is 8.20. The number of piperidine rings is 1. The summed E-state index contributed by atoms with van der Waals surface area (Å²) in [6, 6.07) is 0. The molecule has 23 heavy (non-hydrogen) atoms. The maximum absolute atomic E-state index is 13.0. The Morgan fingerprint density at radius 3 is 2.83 bits per heavy atom. The molecule has 0 aromatic carbocycles. The number of anilines is 1. The molecule has 1 aromatic heterocycles. The zero-order valence-corrected chi connectivity index (χ0v) is 13.5. The van der Waals surface area contributed by atoms with Crippen molar-refractivity contribution in [1.82, 2.24) is 14.9 Å². The molecule has 0 N–H and O–H groups in total. The number of hydrogen-bond donors (Lipinski definition) is 0. The highest BCUT2D eigenvalue weighted by Crippen LogP contribution is 2.39. The number of halogens is 1. The average molecular weight is 322 g/mol. The standard InChI is InChI=1S/C16H23FN4O2/c1-2-23-10-14(22)20-7-5-16(11-20)4-3-6-21(12-16)15-18-8-13(17)9-19-15/h8-9H,2-7,10-12H2,1H3/t16-/m0/s1. The van der Waals surface area contributed by atoms with Crippen LogP contribution < -0.4 is 4.90 Å². The molecule has 126 valence electrons. The lowest BCUT2D eigenvalue weighted by atomic mass is 9.79. The van der Waals surface area contributed by atoms with Gasteiger partial charge in [0.1, 0.15) is 6.61 Å². The molecular formula is C16H23FN4O2. The van der Waals surface area contributed by atoms with Gasteiger partial charge in [0.25, 0.3) is 0 Å². The van der Waals surface area contributed by atoms with Crippen LogP contribution in [0.4, 0.5) is 10.3 Å². The second kappa shape index (κ2) is 6.78. The number of likely N-dealkylation sites (tertiary alicyclic amines) is 1. The minimum absolute atomic E-state index is 0.0684. The van der Waals surface area contributed by atoms with Gasteiger partial charge in [-0.05, 0) is 26.2 Å². The van der Waals surface area contributed by atoms with E-state index >= 15 is 0 Å². The molecule has 1 atom stereocenters. The van der Waals surface area contributed by atoms with Crippen LogP contribution >= 0.6 is 0 Å². The van der Waals surface area contributed by atoms with Crippen molar-refractivity contribution < 1.29 is 13.9 Å². The highest BCUT2D eigenvalue weighted by Gasteiger charge is 2.43. The summed E-state index contributed by atoms with van der Waals surface area (Å²) in [7, 11) is 0. The Labute approximate surface area is 135 Å². The molecule has 0 unspecified atom stereocenters. The molecule has 2 fully saturated rings. The van der Waals surface area contributed by atoms with Crippen LogP contribution in [-0.2, 0) is 9.53 Å². The van der Waals surface area contributed by atoms with E-state index in [1.54, 1.807) is 0 Å². The van der Waals surface area contributed by atoms with E-state index in [-0.39, 0.29) is 17.9 Å². The lowest BCUT2D eigenvalue weighted by Gasteiger charge is -2.40. The Bertz CT molecular complexity index is 554. The van der Waals surface area contributed by atoms with Crippen molar-refractivity contribution in [2.75, 3.05) is 44.3 Å². The Hall–Kier alpha value is -1.76. The van der Waals surface area contributed by atoms with E-state index in [9.17, 15) is 9.18 Å². The maximum atomic E-state index is 13.0. The van der Waals surface area contributed by atoms with Crippen molar-refractivity contribution in [1.29, 1.82) is 0 Å². The molecule has 6 nitrogen and oxygen atoms in total. The molecule has 1 aromatic rings. The van der Waals surface area contributed by atoms with E-state index in [4.69, 9.17) is 4.74 Å². The Balaban J connectivity index is 1.64. The molecule has 2 aliphatic rings. The number of carbonyl (C=O) groups is 1. The van der Waals surface area contributed by atoms with Gasteiger partial charge in [-0.2, -0.15) is 0 Å². The van der Waals surface area contributed by atoms with Crippen molar-refractivity contribution in [2.45, 2.75) is 26.2 Å². The predicted octanol–water partition coefficient (Wildman–Crippen LogP) is 1.47. The van der Waals surface area contributed by atoms with Crippen LogP contribution in [0.15, 0.2) is 12.4 Å². The summed E-state index contributed by atoms with van der Waals surface area (Å²) in [5.74, 6) is 0.220. The van der Waals surface area contributed by atoms with Crippen LogP contribution in [0.3, 0.4) is 0 Å². The third-order valence-corrected chi connectivity index (χ3v) is 4.77. The monoisotopic (exact) mass is 322 g/mol. The van der Waals surface area contributed by atoms with E-state index in [2.05, 4.69) is 14.9 Å². The van der Waals surface area contributed by atoms with Gasteiger partial charge in [0, 0.05) is 38.2 Å². The molecule has 2 saturated heterocycles. The maximum Gasteiger partial charge on any atom is 0.248 e. The molecule has 3 rings (SSSR count). The lowest BCUT2D eigenvalue weighted by Crippen LogP contribution is -2.46. The molecule has 0 saturated carbocycles. The first kappa shape index (κ1) is 16.1. The molecule has 0 radical (unpaired) electrons. The fraction of sp³-hybridized carbons (Fsp3) is 0.688. The summed E-state index contributed by atoms with van der Waals surface area (Å²) in [6.45, 7) is 5.84. The SMILES string of the molecule is CCOCC(=O)N1CC[C@@]2(CCCN(c3ncc(F)cn3)C2)C1. The van der Waals surface area contributed by atoms with Crippen molar-refractivity contribution in [3.63, 3.8) is 0 Å². The van der Waals surface area contributed by atoms with Crippen LogP contribution in [0.25, 0.3) is 0 Å². The number of rotatable bonds is 4. The lowest BCUT2D eigenvalue weighted by molar-refractivity contribution is -0.135. The first-order chi connectivity index (χ1) is 11.1. The third-order valence-electron chi connectivity index (χ3n) is 4.77. The number of carbonyl (C=O) groups excluding carboxylic acids is 1. The number of aromatic nitrogens is 2. The predicted molar refractivity (Wildman–Crippen MR) is 83.6 cm³/mol.